The van der Waals surface area contributed by atoms with Crippen LogP contribution in [-0.4, -0.2) is 29.3 Å². The summed E-state index contributed by atoms with van der Waals surface area (Å²) in [5, 5.41) is 2.84. The number of carbonyl (C=O) groups is 2. The Labute approximate surface area is 154 Å². The molecule has 4 heteroatoms. The quantitative estimate of drug-likeness (QED) is 0.906. The zero-order chi connectivity index (χ0) is 18.3. The highest BCUT2D eigenvalue weighted by atomic mass is 16.2. The van der Waals surface area contributed by atoms with Crippen molar-refractivity contribution >= 4 is 11.8 Å². The van der Waals surface area contributed by atoms with E-state index in [0.717, 1.165) is 5.56 Å². The molecule has 26 heavy (non-hydrogen) atoms. The van der Waals surface area contributed by atoms with Crippen molar-refractivity contribution < 1.29 is 9.59 Å². The van der Waals surface area contributed by atoms with E-state index in [-0.39, 0.29) is 23.3 Å². The minimum atomic E-state index is -0.408. The van der Waals surface area contributed by atoms with E-state index in [2.05, 4.69) is 49.5 Å². The van der Waals surface area contributed by atoms with Crippen LogP contribution in [-0.2, 0) is 15.0 Å². The Morgan fingerprint density at radius 1 is 1.08 bits per heavy atom. The van der Waals surface area contributed by atoms with Gasteiger partial charge in [0.1, 0.15) is 6.04 Å². The van der Waals surface area contributed by atoms with Crippen LogP contribution >= 0.6 is 0 Å². The Morgan fingerprint density at radius 2 is 1.77 bits per heavy atom. The normalized spacial score (nSPS) is 24.1. The minimum Gasteiger partial charge on any atom is -0.344 e. The molecule has 2 aromatic rings. The number of nitrogens with zero attached hydrogens (tertiary/aromatic N) is 1. The third-order valence-electron chi connectivity index (χ3n) is 5.55. The second-order valence-corrected chi connectivity index (χ2v) is 7.91. The van der Waals surface area contributed by atoms with Crippen molar-refractivity contribution in [1.29, 1.82) is 0 Å². The molecule has 2 unspecified atom stereocenters. The van der Waals surface area contributed by atoms with Crippen molar-refractivity contribution in [2.45, 2.75) is 44.2 Å². The number of nitrogens with one attached hydrogen (secondary N) is 1. The summed E-state index contributed by atoms with van der Waals surface area (Å²) in [6.07, 6.45) is 1.01. The van der Waals surface area contributed by atoms with Gasteiger partial charge in [-0.2, -0.15) is 0 Å². The van der Waals surface area contributed by atoms with Crippen molar-refractivity contribution in [3.8, 4) is 0 Å². The SMILES string of the molecule is CC1(C)CN(C(=O)C2CCC(=O)N2)C(c2ccccc2)c2ccccc21. The molecule has 2 amide bonds. The summed E-state index contributed by atoms with van der Waals surface area (Å²) in [6, 6.07) is 18.0. The van der Waals surface area contributed by atoms with Crippen LogP contribution in [0.4, 0.5) is 0 Å². The van der Waals surface area contributed by atoms with E-state index >= 15 is 0 Å². The van der Waals surface area contributed by atoms with Crippen molar-refractivity contribution in [2.24, 2.45) is 0 Å². The highest BCUT2D eigenvalue weighted by molar-refractivity contribution is 5.91. The van der Waals surface area contributed by atoms with Crippen LogP contribution < -0.4 is 5.32 Å². The lowest BCUT2D eigenvalue weighted by atomic mass is 9.74. The number of amides is 2. The summed E-state index contributed by atoms with van der Waals surface area (Å²) in [5.74, 6) is -0.0106. The average Bonchev–Trinajstić information content (AvgIpc) is 3.08. The van der Waals surface area contributed by atoms with Crippen molar-refractivity contribution in [1.82, 2.24) is 10.2 Å². The molecule has 0 bridgehead atoms. The van der Waals surface area contributed by atoms with Crippen LogP contribution in [0.1, 0.15) is 49.4 Å². The van der Waals surface area contributed by atoms with Gasteiger partial charge in [-0.25, -0.2) is 0 Å². The molecule has 2 aromatic carbocycles. The lowest BCUT2D eigenvalue weighted by Crippen LogP contribution is -2.53. The van der Waals surface area contributed by atoms with Crippen LogP contribution in [0.3, 0.4) is 0 Å². The fourth-order valence-corrected chi connectivity index (χ4v) is 4.32. The fourth-order valence-electron chi connectivity index (χ4n) is 4.32. The van der Waals surface area contributed by atoms with Gasteiger partial charge in [-0.1, -0.05) is 68.4 Å². The maximum atomic E-state index is 13.3. The van der Waals surface area contributed by atoms with E-state index in [4.69, 9.17) is 0 Å². The fraction of sp³-hybridized carbons (Fsp3) is 0.364. The van der Waals surface area contributed by atoms with Crippen molar-refractivity contribution in [2.75, 3.05) is 6.54 Å². The van der Waals surface area contributed by atoms with Gasteiger partial charge in [0.05, 0.1) is 6.04 Å². The molecule has 0 spiro atoms. The third-order valence-corrected chi connectivity index (χ3v) is 5.55. The molecule has 4 rings (SSSR count). The molecular formula is C22H24N2O2. The molecule has 0 saturated carbocycles. The molecular weight excluding hydrogens is 324 g/mol. The number of carbonyl (C=O) groups excluding carboxylic acids is 2. The van der Waals surface area contributed by atoms with Gasteiger partial charge in [-0.05, 0) is 23.1 Å². The Hall–Kier alpha value is -2.62. The monoisotopic (exact) mass is 348 g/mol. The lowest BCUT2D eigenvalue weighted by Gasteiger charge is -2.46. The summed E-state index contributed by atoms with van der Waals surface area (Å²) in [7, 11) is 0. The van der Waals surface area contributed by atoms with Gasteiger partial charge in [0.15, 0.2) is 0 Å². The third kappa shape index (κ3) is 2.79. The number of hydrogen-bond donors (Lipinski definition) is 1. The predicted molar refractivity (Wildman–Crippen MR) is 101 cm³/mol. The Bertz CT molecular complexity index is 844. The predicted octanol–water partition coefficient (Wildman–Crippen LogP) is 3.17. The molecule has 1 fully saturated rings. The van der Waals surface area contributed by atoms with Gasteiger partial charge < -0.3 is 10.2 Å². The maximum Gasteiger partial charge on any atom is 0.245 e. The maximum absolute atomic E-state index is 13.3. The molecule has 4 nitrogen and oxygen atoms in total. The molecule has 0 aromatic heterocycles. The molecule has 1 N–H and O–H groups in total. The van der Waals surface area contributed by atoms with E-state index in [0.29, 0.717) is 19.4 Å². The first-order chi connectivity index (χ1) is 12.5. The molecule has 1 saturated heterocycles. The molecule has 0 aliphatic carbocycles. The minimum absolute atomic E-state index is 0.0206. The van der Waals surface area contributed by atoms with Crippen molar-refractivity contribution in [3.63, 3.8) is 0 Å². The van der Waals surface area contributed by atoms with E-state index in [9.17, 15) is 9.59 Å². The molecule has 2 aliphatic rings. The van der Waals surface area contributed by atoms with E-state index < -0.39 is 6.04 Å². The first-order valence-electron chi connectivity index (χ1n) is 9.21. The number of benzene rings is 2. The molecule has 2 heterocycles. The number of hydrogen-bond acceptors (Lipinski definition) is 2. The first-order valence-corrected chi connectivity index (χ1v) is 9.21. The molecule has 134 valence electrons. The summed E-state index contributed by atoms with van der Waals surface area (Å²) >= 11 is 0. The van der Waals surface area contributed by atoms with E-state index in [1.165, 1.54) is 11.1 Å². The first kappa shape index (κ1) is 16.8. The van der Waals surface area contributed by atoms with Crippen molar-refractivity contribution in [3.05, 3.63) is 71.3 Å². The second kappa shape index (κ2) is 6.27. The van der Waals surface area contributed by atoms with Gasteiger partial charge in [0.2, 0.25) is 11.8 Å². The molecule has 0 radical (unpaired) electrons. The van der Waals surface area contributed by atoms with E-state index in [1.807, 2.05) is 29.2 Å². The average molecular weight is 348 g/mol. The van der Waals surface area contributed by atoms with E-state index in [1.54, 1.807) is 0 Å². The van der Waals surface area contributed by atoms with Gasteiger partial charge in [-0.15, -0.1) is 0 Å². The Morgan fingerprint density at radius 3 is 2.46 bits per heavy atom. The number of fused-ring (bicyclic) bond motifs is 1. The van der Waals surface area contributed by atoms with Crippen LogP contribution in [0.2, 0.25) is 0 Å². The van der Waals surface area contributed by atoms with Crippen LogP contribution in [0, 0.1) is 0 Å². The summed E-state index contributed by atoms with van der Waals surface area (Å²) < 4.78 is 0. The highest BCUT2D eigenvalue weighted by Crippen LogP contribution is 2.43. The number of rotatable bonds is 2. The second-order valence-electron chi connectivity index (χ2n) is 7.91. The summed E-state index contributed by atoms with van der Waals surface area (Å²) in [5.41, 5.74) is 3.43. The zero-order valence-corrected chi connectivity index (χ0v) is 15.2. The van der Waals surface area contributed by atoms with Gasteiger partial charge in [0, 0.05) is 18.4 Å². The van der Waals surface area contributed by atoms with Crippen LogP contribution in [0.15, 0.2) is 54.6 Å². The summed E-state index contributed by atoms with van der Waals surface area (Å²) in [6.45, 7) is 5.00. The summed E-state index contributed by atoms with van der Waals surface area (Å²) in [4.78, 5) is 26.9. The van der Waals surface area contributed by atoms with Gasteiger partial charge >= 0.3 is 0 Å². The molecule has 2 atom stereocenters. The Balaban J connectivity index is 1.81. The van der Waals surface area contributed by atoms with Gasteiger partial charge in [0.25, 0.3) is 0 Å². The van der Waals surface area contributed by atoms with Crippen LogP contribution in [0.5, 0.6) is 0 Å². The zero-order valence-electron chi connectivity index (χ0n) is 15.2. The largest absolute Gasteiger partial charge is 0.344 e. The van der Waals surface area contributed by atoms with Crippen LogP contribution in [0.25, 0.3) is 0 Å². The standard InChI is InChI=1S/C22H24N2O2/c1-22(2)14-24(21(26)18-12-13-19(25)23-18)20(15-8-4-3-5-9-15)16-10-6-7-11-17(16)22/h3-11,18,20H,12-14H2,1-2H3,(H,23,25). The molecule has 2 aliphatic heterocycles. The Kier molecular flexibility index (Phi) is 4.06. The lowest BCUT2D eigenvalue weighted by molar-refractivity contribution is -0.137. The highest BCUT2D eigenvalue weighted by Gasteiger charge is 2.43. The topological polar surface area (TPSA) is 49.4 Å². The smallest absolute Gasteiger partial charge is 0.245 e. The van der Waals surface area contributed by atoms with Gasteiger partial charge in [-0.3, -0.25) is 9.59 Å².